The number of sulfone groups is 1. The third-order valence-corrected chi connectivity index (χ3v) is 6.16. The van der Waals surface area contributed by atoms with Crippen LogP contribution in [0.4, 0.5) is 0 Å². The van der Waals surface area contributed by atoms with Crippen LogP contribution < -0.4 is 0 Å². The Morgan fingerprint density at radius 1 is 1.19 bits per heavy atom. The molecule has 0 radical (unpaired) electrons. The van der Waals surface area contributed by atoms with Crippen molar-refractivity contribution in [3.05, 3.63) is 24.3 Å². The summed E-state index contributed by atoms with van der Waals surface area (Å²) in [6.45, 7) is 1.35. The molecule has 0 unspecified atom stereocenters. The first-order valence-electron chi connectivity index (χ1n) is 7.30. The van der Waals surface area contributed by atoms with Crippen molar-refractivity contribution in [3.63, 3.8) is 0 Å². The lowest BCUT2D eigenvalue weighted by Gasteiger charge is -2.33. The van der Waals surface area contributed by atoms with Crippen molar-refractivity contribution < 1.29 is 13.2 Å². The molecule has 1 aromatic rings. The van der Waals surface area contributed by atoms with Gasteiger partial charge in [-0.3, -0.25) is 14.8 Å². The van der Waals surface area contributed by atoms with Crippen LogP contribution in [0.3, 0.4) is 0 Å². The van der Waals surface area contributed by atoms with E-state index in [4.69, 9.17) is 0 Å². The number of aromatic nitrogens is 2. The summed E-state index contributed by atoms with van der Waals surface area (Å²) in [5, 5.41) is 0. The first-order chi connectivity index (χ1) is 10.1. The molecule has 0 aliphatic carbocycles. The second-order valence-electron chi connectivity index (χ2n) is 5.83. The van der Waals surface area contributed by atoms with Gasteiger partial charge in [-0.05, 0) is 19.3 Å². The van der Waals surface area contributed by atoms with Crippen molar-refractivity contribution in [1.29, 1.82) is 0 Å². The molecule has 1 amide bonds. The minimum Gasteiger partial charge on any atom is -0.342 e. The van der Waals surface area contributed by atoms with Crippen molar-refractivity contribution >= 4 is 15.7 Å². The highest BCUT2D eigenvalue weighted by atomic mass is 32.2. The Kier molecular flexibility index (Phi) is 3.93. The molecular weight excluding hydrogens is 290 g/mol. The van der Waals surface area contributed by atoms with Gasteiger partial charge in [0.1, 0.15) is 0 Å². The van der Waals surface area contributed by atoms with Crippen LogP contribution in [-0.2, 0) is 14.6 Å². The zero-order chi connectivity index (χ0) is 14.9. The molecule has 7 heteroatoms. The topological polar surface area (TPSA) is 80.2 Å². The monoisotopic (exact) mass is 309 g/mol. The van der Waals surface area contributed by atoms with E-state index in [1.807, 2.05) is 4.90 Å². The molecule has 3 heterocycles. The van der Waals surface area contributed by atoms with Gasteiger partial charge in [0, 0.05) is 37.6 Å². The van der Waals surface area contributed by atoms with E-state index in [2.05, 4.69) is 9.97 Å². The van der Waals surface area contributed by atoms with Gasteiger partial charge in [0.25, 0.3) is 0 Å². The average Bonchev–Trinajstić information content (AvgIpc) is 2.88. The third-order valence-electron chi connectivity index (χ3n) is 4.39. The largest absolute Gasteiger partial charge is 0.342 e. The lowest BCUT2D eigenvalue weighted by atomic mass is 9.93. The number of piperidine rings is 1. The van der Waals surface area contributed by atoms with Gasteiger partial charge in [0.2, 0.25) is 5.91 Å². The number of nitrogens with zero attached hydrogens (tertiary/aromatic N) is 3. The van der Waals surface area contributed by atoms with E-state index in [0.717, 1.165) is 18.5 Å². The zero-order valence-corrected chi connectivity index (χ0v) is 12.6. The second-order valence-corrected chi connectivity index (χ2v) is 8.06. The Balaban J connectivity index is 1.57. The van der Waals surface area contributed by atoms with E-state index in [0.29, 0.717) is 25.4 Å². The van der Waals surface area contributed by atoms with E-state index in [1.54, 1.807) is 18.6 Å². The number of likely N-dealkylation sites (tertiary alicyclic amines) is 1. The molecule has 1 atom stereocenters. The van der Waals surface area contributed by atoms with Crippen LogP contribution in [0.2, 0.25) is 0 Å². The summed E-state index contributed by atoms with van der Waals surface area (Å²) >= 11 is 0. The SMILES string of the molecule is O=C([C@@H]1CCS(=O)(=O)C1)N1CCC(c2cnccn2)CC1. The highest BCUT2D eigenvalue weighted by Gasteiger charge is 2.36. The average molecular weight is 309 g/mol. The molecule has 2 aliphatic heterocycles. The molecule has 2 fully saturated rings. The fraction of sp³-hybridized carbons (Fsp3) is 0.643. The van der Waals surface area contributed by atoms with Crippen LogP contribution in [0.25, 0.3) is 0 Å². The Morgan fingerprint density at radius 3 is 2.52 bits per heavy atom. The van der Waals surface area contributed by atoms with Gasteiger partial charge in [0.15, 0.2) is 9.84 Å². The van der Waals surface area contributed by atoms with Crippen molar-refractivity contribution in [2.75, 3.05) is 24.6 Å². The summed E-state index contributed by atoms with van der Waals surface area (Å²) in [4.78, 5) is 22.6. The maximum Gasteiger partial charge on any atom is 0.226 e. The maximum absolute atomic E-state index is 12.4. The fourth-order valence-electron chi connectivity index (χ4n) is 3.17. The van der Waals surface area contributed by atoms with Gasteiger partial charge in [-0.25, -0.2) is 8.42 Å². The van der Waals surface area contributed by atoms with Crippen LogP contribution in [0.15, 0.2) is 18.6 Å². The predicted molar refractivity (Wildman–Crippen MR) is 77.3 cm³/mol. The first-order valence-corrected chi connectivity index (χ1v) is 9.12. The Bertz CT molecular complexity index is 610. The van der Waals surface area contributed by atoms with Gasteiger partial charge in [-0.15, -0.1) is 0 Å². The number of amides is 1. The number of rotatable bonds is 2. The van der Waals surface area contributed by atoms with Crippen LogP contribution in [0.1, 0.15) is 30.9 Å². The smallest absolute Gasteiger partial charge is 0.226 e. The van der Waals surface area contributed by atoms with Crippen LogP contribution in [0.5, 0.6) is 0 Å². The Labute approximate surface area is 124 Å². The van der Waals surface area contributed by atoms with Crippen LogP contribution >= 0.6 is 0 Å². The van der Waals surface area contributed by atoms with E-state index < -0.39 is 9.84 Å². The number of carbonyl (C=O) groups excluding carboxylic acids is 1. The molecular formula is C14H19N3O3S. The molecule has 0 N–H and O–H groups in total. The minimum absolute atomic E-state index is 0.00803. The molecule has 0 bridgehead atoms. The lowest BCUT2D eigenvalue weighted by molar-refractivity contribution is -0.135. The van der Waals surface area contributed by atoms with Crippen molar-refractivity contribution in [3.8, 4) is 0 Å². The van der Waals surface area contributed by atoms with E-state index in [1.165, 1.54) is 0 Å². The number of hydrogen-bond acceptors (Lipinski definition) is 5. The van der Waals surface area contributed by atoms with Gasteiger partial charge in [-0.2, -0.15) is 0 Å². The first kappa shape index (κ1) is 14.4. The summed E-state index contributed by atoms with van der Waals surface area (Å²) in [6.07, 6.45) is 7.34. The highest BCUT2D eigenvalue weighted by molar-refractivity contribution is 7.91. The zero-order valence-electron chi connectivity index (χ0n) is 11.8. The second kappa shape index (κ2) is 5.71. The minimum atomic E-state index is -3.00. The molecule has 2 aliphatic rings. The van der Waals surface area contributed by atoms with Crippen LogP contribution in [-0.4, -0.2) is 53.8 Å². The van der Waals surface area contributed by atoms with Gasteiger partial charge in [-0.1, -0.05) is 0 Å². The summed E-state index contributed by atoms with van der Waals surface area (Å²) in [6, 6.07) is 0. The number of hydrogen-bond donors (Lipinski definition) is 0. The summed E-state index contributed by atoms with van der Waals surface area (Å²) in [7, 11) is -3.00. The maximum atomic E-state index is 12.4. The van der Waals surface area contributed by atoms with Crippen molar-refractivity contribution in [2.45, 2.75) is 25.2 Å². The number of carbonyl (C=O) groups is 1. The highest BCUT2D eigenvalue weighted by Crippen LogP contribution is 2.28. The Morgan fingerprint density at radius 2 is 1.95 bits per heavy atom. The van der Waals surface area contributed by atoms with E-state index in [9.17, 15) is 13.2 Å². The molecule has 1 aromatic heterocycles. The summed E-state index contributed by atoms with van der Waals surface area (Å²) in [5.41, 5.74) is 0.980. The molecule has 2 saturated heterocycles. The third kappa shape index (κ3) is 3.23. The van der Waals surface area contributed by atoms with Crippen molar-refractivity contribution in [2.24, 2.45) is 5.92 Å². The van der Waals surface area contributed by atoms with E-state index >= 15 is 0 Å². The van der Waals surface area contributed by atoms with E-state index in [-0.39, 0.29) is 23.3 Å². The summed E-state index contributed by atoms with van der Waals surface area (Å²) < 4.78 is 23.0. The Hall–Kier alpha value is -1.50. The quantitative estimate of drug-likeness (QED) is 0.800. The normalized spacial score (nSPS) is 25.9. The lowest BCUT2D eigenvalue weighted by Crippen LogP contribution is -2.41. The molecule has 3 rings (SSSR count). The fourth-order valence-corrected chi connectivity index (χ4v) is 4.90. The van der Waals surface area contributed by atoms with Gasteiger partial charge < -0.3 is 4.90 Å². The molecule has 0 spiro atoms. The van der Waals surface area contributed by atoms with Crippen molar-refractivity contribution in [1.82, 2.24) is 14.9 Å². The molecule has 114 valence electrons. The van der Waals surface area contributed by atoms with Gasteiger partial charge in [0.05, 0.1) is 23.1 Å². The van der Waals surface area contributed by atoms with Crippen LogP contribution in [0, 0.1) is 5.92 Å². The molecule has 6 nitrogen and oxygen atoms in total. The predicted octanol–water partition coefficient (Wildman–Crippen LogP) is 0.617. The standard InChI is InChI=1S/C14H19N3O3S/c18-14(12-3-8-21(19,20)10-12)17-6-1-11(2-7-17)13-9-15-4-5-16-13/h4-5,9,11-12H,1-3,6-8,10H2/t12-/m1/s1. The molecule has 0 aromatic carbocycles. The molecule has 0 saturated carbocycles. The summed E-state index contributed by atoms with van der Waals surface area (Å²) in [5.74, 6) is 0.196. The van der Waals surface area contributed by atoms with Gasteiger partial charge >= 0.3 is 0 Å². The molecule has 21 heavy (non-hydrogen) atoms.